The van der Waals surface area contributed by atoms with E-state index in [4.69, 9.17) is 4.52 Å². The summed E-state index contributed by atoms with van der Waals surface area (Å²) in [5.74, 6) is 2.60. The quantitative estimate of drug-likeness (QED) is 0.438. The van der Waals surface area contributed by atoms with Crippen molar-refractivity contribution in [2.24, 2.45) is 0 Å². The molecule has 9 nitrogen and oxygen atoms in total. The van der Waals surface area contributed by atoms with Gasteiger partial charge in [-0.15, -0.1) is 0 Å². The number of nitrogens with zero attached hydrogens (tertiary/aromatic N) is 5. The van der Waals surface area contributed by atoms with Gasteiger partial charge in [-0.05, 0) is 43.5 Å². The highest BCUT2D eigenvalue weighted by Crippen LogP contribution is 2.22. The van der Waals surface area contributed by atoms with Gasteiger partial charge in [0.25, 0.3) is 0 Å². The molecule has 0 saturated carbocycles. The van der Waals surface area contributed by atoms with Crippen molar-refractivity contribution in [3.05, 3.63) is 65.6 Å². The molecule has 29 heavy (non-hydrogen) atoms. The fraction of sp³-hybridized carbons (Fsp3) is 0.200. The van der Waals surface area contributed by atoms with Crippen molar-refractivity contribution in [1.29, 1.82) is 0 Å². The summed E-state index contributed by atoms with van der Waals surface area (Å²) in [5.41, 5.74) is 2.84. The second-order valence-corrected chi connectivity index (χ2v) is 6.68. The first-order valence-electron chi connectivity index (χ1n) is 9.16. The van der Waals surface area contributed by atoms with E-state index in [0.29, 0.717) is 23.5 Å². The van der Waals surface area contributed by atoms with Crippen LogP contribution < -0.4 is 10.2 Å². The Kier molecular flexibility index (Phi) is 5.10. The number of rotatable bonds is 7. The molecule has 3 heterocycles. The molecule has 0 amide bonds. The molecule has 1 aromatic carbocycles. The highest BCUT2D eigenvalue weighted by Gasteiger charge is 2.13. The van der Waals surface area contributed by atoms with Crippen LogP contribution in [0.3, 0.4) is 0 Å². The summed E-state index contributed by atoms with van der Waals surface area (Å²) in [6.07, 6.45) is 3.25. The van der Waals surface area contributed by atoms with E-state index in [9.17, 15) is 5.11 Å². The molecule has 0 atom stereocenters. The topological polar surface area (TPSA) is 116 Å². The van der Waals surface area contributed by atoms with Gasteiger partial charge in [0, 0.05) is 31.1 Å². The minimum Gasteiger partial charge on any atom is -0.508 e. The number of aromatic hydroxyl groups is 1. The number of hydrogen-bond acceptors (Lipinski definition) is 8. The first-order chi connectivity index (χ1) is 14.1. The number of phenols is 1. The SMILES string of the molecule is Cc1cc(N(C)c2nccc(Nc3cc(CCc4cccc(O)c4)[nH]n3)n2)on1. The number of aryl methyl sites for hydroxylation is 3. The zero-order valence-electron chi connectivity index (χ0n) is 16.1. The van der Waals surface area contributed by atoms with Crippen LogP contribution in [0.1, 0.15) is 17.0 Å². The van der Waals surface area contributed by atoms with E-state index < -0.39 is 0 Å². The van der Waals surface area contributed by atoms with Crippen molar-refractivity contribution < 1.29 is 9.63 Å². The van der Waals surface area contributed by atoms with Gasteiger partial charge in [-0.2, -0.15) is 10.1 Å². The average Bonchev–Trinajstić information content (AvgIpc) is 3.35. The van der Waals surface area contributed by atoms with Crippen LogP contribution in [0.25, 0.3) is 0 Å². The summed E-state index contributed by atoms with van der Waals surface area (Å²) < 4.78 is 5.26. The molecule has 9 heteroatoms. The smallest absolute Gasteiger partial charge is 0.233 e. The van der Waals surface area contributed by atoms with Gasteiger partial charge in [0.2, 0.25) is 11.8 Å². The van der Waals surface area contributed by atoms with E-state index in [1.807, 2.05) is 38.2 Å². The molecule has 0 aliphatic rings. The second kappa shape index (κ2) is 8.01. The summed E-state index contributed by atoms with van der Waals surface area (Å²) in [7, 11) is 1.81. The number of phenolic OH excluding ortho intramolecular Hbond substituents is 1. The molecular weight excluding hydrogens is 370 g/mol. The molecule has 0 unspecified atom stereocenters. The third-order valence-electron chi connectivity index (χ3n) is 4.37. The molecule has 4 aromatic rings. The first-order valence-corrected chi connectivity index (χ1v) is 9.16. The Bertz CT molecular complexity index is 1110. The Morgan fingerprint density at radius 1 is 1.14 bits per heavy atom. The Morgan fingerprint density at radius 3 is 2.83 bits per heavy atom. The highest BCUT2D eigenvalue weighted by atomic mass is 16.5. The van der Waals surface area contributed by atoms with E-state index in [1.54, 1.807) is 29.3 Å². The van der Waals surface area contributed by atoms with Gasteiger partial charge in [-0.1, -0.05) is 17.3 Å². The van der Waals surface area contributed by atoms with Crippen LogP contribution in [0.2, 0.25) is 0 Å². The number of hydrogen-bond donors (Lipinski definition) is 3. The van der Waals surface area contributed by atoms with Gasteiger partial charge in [-0.25, -0.2) is 4.98 Å². The fourth-order valence-corrected chi connectivity index (χ4v) is 2.86. The Labute approximate surface area is 167 Å². The molecule has 0 saturated heterocycles. The molecule has 3 aromatic heterocycles. The van der Waals surface area contributed by atoms with Crippen LogP contribution in [0.5, 0.6) is 5.75 Å². The zero-order chi connectivity index (χ0) is 20.2. The highest BCUT2D eigenvalue weighted by molar-refractivity contribution is 5.56. The molecule has 3 N–H and O–H groups in total. The van der Waals surface area contributed by atoms with Gasteiger partial charge in [0.05, 0.1) is 5.69 Å². The molecular formula is C20H21N7O2. The number of H-pyrrole nitrogens is 1. The lowest BCUT2D eigenvalue weighted by atomic mass is 10.1. The van der Waals surface area contributed by atoms with Gasteiger partial charge in [0.15, 0.2) is 5.82 Å². The maximum Gasteiger partial charge on any atom is 0.233 e. The van der Waals surface area contributed by atoms with Gasteiger partial charge < -0.3 is 14.9 Å². The van der Waals surface area contributed by atoms with E-state index in [1.165, 1.54) is 0 Å². The van der Waals surface area contributed by atoms with E-state index >= 15 is 0 Å². The predicted molar refractivity (Wildman–Crippen MR) is 109 cm³/mol. The molecule has 0 radical (unpaired) electrons. The lowest BCUT2D eigenvalue weighted by molar-refractivity contribution is 0.420. The van der Waals surface area contributed by atoms with Crippen LogP contribution in [0, 0.1) is 6.92 Å². The number of benzene rings is 1. The standard InChI is InChI=1S/C20H21N7O2/c1-13-10-19(29-26-13)27(2)20-21-9-8-17(23-20)22-18-12-15(24-25-18)7-6-14-4-3-5-16(28)11-14/h3-5,8-12,28H,6-7H2,1-2H3,(H2,21,22,23,24,25). The van der Waals surface area contributed by atoms with Crippen LogP contribution in [0.15, 0.2) is 53.2 Å². The lowest BCUT2D eigenvalue weighted by Gasteiger charge is -2.13. The monoisotopic (exact) mass is 391 g/mol. The lowest BCUT2D eigenvalue weighted by Crippen LogP contribution is -2.12. The Morgan fingerprint density at radius 2 is 2.03 bits per heavy atom. The van der Waals surface area contributed by atoms with E-state index in [-0.39, 0.29) is 5.75 Å². The predicted octanol–water partition coefficient (Wildman–Crippen LogP) is 3.50. The minimum absolute atomic E-state index is 0.277. The summed E-state index contributed by atoms with van der Waals surface area (Å²) in [6.45, 7) is 1.86. The summed E-state index contributed by atoms with van der Waals surface area (Å²) in [4.78, 5) is 10.5. The van der Waals surface area contributed by atoms with Gasteiger partial charge >= 0.3 is 0 Å². The van der Waals surface area contributed by atoms with Crippen molar-refractivity contribution in [2.75, 3.05) is 17.3 Å². The van der Waals surface area contributed by atoms with Crippen molar-refractivity contribution >= 4 is 23.5 Å². The van der Waals surface area contributed by atoms with Crippen LogP contribution >= 0.6 is 0 Å². The molecule has 0 bridgehead atoms. The molecule has 0 aliphatic carbocycles. The average molecular weight is 391 g/mol. The summed E-state index contributed by atoms with van der Waals surface area (Å²) in [6, 6.07) is 12.8. The number of aromatic nitrogens is 5. The Balaban J connectivity index is 1.41. The van der Waals surface area contributed by atoms with Crippen LogP contribution in [-0.2, 0) is 12.8 Å². The van der Waals surface area contributed by atoms with Crippen molar-refractivity contribution in [3.63, 3.8) is 0 Å². The van der Waals surface area contributed by atoms with Crippen LogP contribution in [-0.4, -0.2) is 37.5 Å². The molecule has 148 valence electrons. The normalized spacial score (nSPS) is 10.8. The van der Waals surface area contributed by atoms with Gasteiger partial charge in [-0.3, -0.25) is 10.00 Å². The summed E-state index contributed by atoms with van der Waals surface area (Å²) >= 11 is 0. The van der Waals surface area contributed by atoms with Gasteiger partial charge in [0.1, 0.15) is 11.6 Å². The van der Waals surface area contributed by atoms with Crippen LogP contribution in [0.4, 0.5) is 23.5 Å². The molecule has 0 spiro atoms. The molecule has 4 rings (SSSR count). The maximum absolute atomic E-state index is 9.56. The maximum atomic E-state index is 9.56. The number of nitrogens with one attached hydrogen (secondary N) is 2. The minimum atomic E-state index is 0.277. The second-order valence-electron chi connectivity index (χ2n) is 6.68. The van der Waals surface area contributed by atoms with Crippen molar-refractivity contribution in [1.82, 2.24) is 25.3 Å². The first kappa shape index (κ1) is 18.5. The fourth-order valence-electron chi connectivity index (χ4n) is 2.86. The van der Waals surface area contributed by atoms with Crippen molar-refractivity contribution in [3.8, 4) is 5.75 Å². The number of aromatic amines is 1. The van der Waals surface area contributed by atoms with E-state index in [0.717, 1.165) is 29.8 Å². The zero-order valence-corrected chi connectivity index (χ0v) is 16.1. The van der Waals surface area contributed by atoms with E-state index in [2.05, 4.69) is 30.6 Å². The number of anilines is 4. The molecule has 0 fully saturated rings. The largest absolute Gasteiger partial charge is 0.508 e. The Hall–Kier alpha value is -3.88. The van der Waals surface area contributed by atoms with Crippen molar-refractivity contribution in [2.45, 2.75) is 19.8 Å². The third-order valence-corrected chi connectivity index (χ3v) is 4.37. The third kappa shape index (κ3) is 4.52. The molecule has 0 aliphatic heterocycles. The summed E-state index contributed by atoms with van der Waals surface area (Å²) in [5, 5.41) is 23.9.